The van der Waals surface area contributed by atoms with Crippen LogP contribution in [0.2, 0.25) is 0 Å². The molecule has 39 heavy (non-hydrogen) atoms. The fourth-order valence-electron chi connectivity index (χ4n) is 5.44. The zero-order valence-corrected chi connectivity index (χ0v) is 23.0. The van der Waals surface area contributed by atoms with Gasteiger partial charge in [0.2, 0.25) is 0 Å². The van der Waals surface area contributed by atoms with Crippen molar-refractivity contribution in [2.75, 3.05) is 17.7 Å². The van der Waals surface area contributed by atoms with Gasteiger partial charge in [0.15, 0.2) is 11.7 Å². The summed E-state index contributed by atoms with van der Waals surface area (Å²) in [6, 6.07) is 7.85. The Bertz CT molecular complexity index is 1430. The summed E-state index contributed by atoms with van der Waals surface area (Å²) >= 11 is 1.37. The van der Waals surface area contributed by atoms with Crippen LogP contribution in [0.25, 0.3) is 0 Å². The molecule has 2 N–H and O–H groups in total. The number of anilines is 2. The third-order valence-electron chi connectivity index (χ3n) is 7.77. The molecule has 11 heteroatoms. The molecule has 3 heterocycles. The van der Waals surface area contributed by atoms with Crippen molar-refractivity contribution in [1.82, 2.24) is 9.78 Å². The lowest BCUT2D eigenvalue weighted by atomic mass is 9.72. The van der Waals surface area contributed by atoms with Gasteiger partial charge in [0.05, 0.1) is 18.7 Å². The molecule has 0 bridgehead atoms. The molecule has 7 nitrogen and oxygen atoms in total. The number of carbonyl (C=O) groups is 1. The number of amides is 1. The number of nitriles is 1. The molecule has 1 aliphatic heterocycles. The highest BCUT2D eigenvalue weighted by Crippen LogP contribution is 2.45. The van der Waals surface area contributed by atoms with Crippen molar-refractivity contribution in [3.63, 3.8) is 0 Å². The van der Waals surface area contributed by atoms with Crippen LogP contribution in [0.15, 0.2) is 30.3 Å². The van der Waals surface area contributed by atoms with Crippen LogP contribution in [0.3, 0.4) is 0 Å². The van der Waals surface area contributed by atoms with Crippen LogP contribution in [-0.2, 0) is 12.8 Å². The average Bonchev–Trinajstić information content (AvgIpc) is 3.47. The minimum Gasteiger partial charge on any atom is -0.497 e. The van der Waals surface area contributed by atoms with E-state index in [-0.39, 0.29) is 23.3 Å². The lowest BCUT2D eigenvalue weighted by Crippen LogP contribution is -2.35. The van der Waals surface area contributed by atoms with Crippen molar-refractivity contribution in [3.8, 4) is 11.8 Å². The number of rotatable bonds is 4. The number of methoxy groups -OCH3 is 1. The number of ether oxygens (including phenoxy) is 1. The van der Waals surface area contributed by atoms with Gasteiger partial charge >= 0.3 is 6.18 Å². The average molecular weight is 558 g/mol. The number of hydrogen-bond acceptors (Lipinski definition) is 6. The van der Waals surface area contributed by atoms with Gasteiger partial charge in [-0.15, -0.1) is 11.3 Å². The molecule has 1 aromatic carbocycles. The van der Waals surface area contributed by atoms with Gasteiger partial charge < -0.3 is 15.4 Å². The molecule has 3 aromatic rings. The first-order valence-electron chi connectivity index (χ1n) is 12.8. The summed E-state index contributed by atoms with van der Waals surface area (Å²) < 4.78 is 48.3. The maximum atomic E-state index is 14.1. The van der Waals surface area contributed by atoms with Crippen LogP contribution < -0.4 is 15.4 Å². The van der Waals surface area contributed by atoms with E-state index in [2.05, 4.69) is 42.6 Å². The van der Waals surface area contributed by atoms with E-state index in [0.29, 0.717) is 27.8 Å². The third kappa shape index (κ3) is 5.22. The predicted molar refractivity (Wildman–Crippen MR) is 143 cm³/mol. The van der Waals surface area contributed by atoms with Crippen LogP contribution in [0.1, 0.15) is 77.8 Å². The Kier molecular flexibility index (Phi) is 6.87. The molecule has 206 valence electrons. The second kappa shape index (κ2) is 9.90. The Morgan fingerprint density at radius 2 is 1.97 bits per heavy atom. The van der Waals surface area contributed by atoms with Crippen molar-refractivity contribution < 1.29 is 22.7 Å². The number of halogens is 3. The van der Waals surface area contributed by atoms with Crippen LogP contribution in [-0.4, -0.2) is 29.0 Å². The third-order valence-corrected chi connectivity index (χ3v) is 8.94. The molecule has 0 fully saturated rings. The molecule has 2 aromatic heterocycles. The van der Waals surface area contributed by atoms with E-state index < -0.39 is 24.2 Å². The molecule has 0 saturated heterocycles. The van der Waals surface area contributed by atoms with E-state index in [0.717, 1.165) is 34.4 Å². The monoisotopic (exact) mass is 557 g/mol. The van der Waals surface area contributed by atoms with Gasteiger partial charge in [-0.1, -0.05) is 32.9 Å². The first-order valence-corrected chi connectivity index (χ1v) is 13.6. The Hall–Kier alpha value is -3.52. The number of alkyl halides is 3. The Morgan fingerprint density at radius 1 is 1.26 bits per heavy atom. The molecule has 0 spiro atoms. The Balaban J connectivity index is 1.41. The lowest BCUT2D eigenvalue weighted by molar-refractivity contribution is -0.173. The number of benzene rings is 1. The van der Waals surface area contributed by atoms with Gasteiger partial charge in [-0.05, 0) is 53.9 Å². The minimum atomic E-state index is -4.56. The van der Waals surface area contributed by atoms with Gasteiger partial charge in [-0.3, -0.25) is 4.79 Å². The molecular formula is C28H30F3N5O2S. The van der Waals surface area contributed by atoms with Crippen LogP contribution in [0.5, 0.6) is 5.75 Å². The molecule has 1 aliphatic carbocycles. The van der Waals surface area contributed by atoms with Crippen LogP contribution >= 0.6 is 11.3 Å². The predicted octanol–water partition coefficient (Wildman–Crippen LogP) is 6.89. The molecule has 3 atom stereocenters. The van der Waals surface area contributed by atoms with E-state index >= 15 is 0 Å². The summed E-state index contributed by atoms with van der Waals surface area (Å²) in [4.78, 5) is 14.3. The summed E-state index contributed by atoms with van der Waals surface area (Å²) in [5, 5.41) is 20.2. The topological polar surface area (TPSA) is 92.0 Å². The smallest absolute Gasteiger partial charge is 0.410 e. The van der Waals surface area contributed by atoms with E-state index in [9.17, 15) is 23.2 Å². The van der Waals surface area contributed by atoms with Gasteiger partial charge in [-0.2, -0.15) is 23.5 Å². The number of fused-ring (bicyclic) bond motifs is 2. The number of carbonyl (C=O) groups excluding carboxylic acids is 1. The van der Waals surface area contributed by atoms with E-state index in [1.54, 1.807) is 24.3 Å². The van der Waals surface area contributed by atoms with Crippen molar-refractivity contribution >= 4 is 28.1 Å². The molecule has 2 aliphatic rings. The fraction of sp³-hybridized carbons (Fsp3) is 0.464. The number of thiophene rings is 1. The largest absolute Gasteiger partial charge is 0.497 e. The number of nitrogens with one attached hydrogen (secondary N) is 2. The first kappa shape index (κ1) is 27.1. The highest BCUT2D eigenvalue weighted by molar-refractivity contribution is 7.16. The summed E-state index contributed by atoms with van der Waals surface area (Å²) in [5.41, 5.74) is 2.04. The van der Waals surface area contributed by atoms with E-state index in [1.165, 1.54) is 24.5 Å². The van der Waals surface area contributed by atoms with E-state index in [1.807, 2.05) is 0 Å². The van der Waals surface area contributed by atoms with Crippen molar-refractivity contribution in [3.05, 3.63) is 57.6 Å². The summed E-state index contributed by atoms with van der Waals surface area (Å²) in [6.07, 6.45) is -2.29. The van der Waals surface area contributed by atoms with Gasteiger partial charge in [0, 0.05) is 17.4 Å². The Morgan fingerprint density at radius 3 is 2.59 bits per heavy atom. The number of aromatic nitrogens is 2. The second-order valence-corrected chi connectivity index (χ2v) is 12.3. The number of hydrogen-bond donors (Lipinski definition) is 2. The number of nitrogens with zero attached hydrogens (tertiary/aromatic N) is 3. The fourth-order valence-corrected chi connectivity index (χ4v) is 6.71. The van der Waals surface area contributed by atoms with Crippen molar-refractivity contribution in [2.24, 2.45) is 11.3 Å². The molecule has 1 amide bonds. The molecule has 0 saturated carbocycles. The maximum Gasteiger partial charge on any atom is 0.410 e. The molecular weight excluding hydrogens is 527 g/mol. The molecule has 0 radical (unpaired) electrons. The maximum absolute atomic E-state index is 14.1. The normalized spacial score (nSPS) is 20.8. The molecule has 0 unspecified atom stereocenters. The van der Waals surface area contributed by atoms with Crippen LogP contribution in [0.4, 0.5) is 24.0 Å². The van der Waals surface area contributed by atoms with Gasteiger partial charge in [-0.25, -0.2) is 4.68 Å². The SMILES string of the molecule is COc1ccc([C@H]2C[C@@H](C(F)(F)F)n3nc(C(=O)Nc4sc5c(c4C#N)CC[C@H](C(C)(C)C)C5)cc3N2)cc1. The van der Waals surface area contributed by atoms with Crippen LogP contribution in [0, 0.1) is 22.7 Å². The highest BCUT2D eigenvalue weighted by atomic mass is 32.1. The van der Waals surface area contributed by atoms with Gasteiger partial charge in [0.1, 0.15) is 22.6 Å². The highest BCUT2D eigenvalue weighted by Gasteiger charge is 2.47. The summed E-state index contributed by atoms with van der Waals surface area (Å²) in [5.74, 6) is 0.520. The standard InChI is InChI=1S/C28H30F3N5O2S/c1-27(2,3)16-7-10-18-19(14-32)26(39-22(18)11-16)34-25(37)21-13-24-33-20(15-5-8-17(38-4)9-6-15)12-23(28(29,30)31)36(24)35-21/h5-6,8-9,13,16,20,23,33H,7,10-12H2,1-4H3,(H,34,37)/t16-,20+,23-/m0/s1. The molecule has 5 rings (SSSR count). The minimum absolute atomic E-state index is 0.105. The Labute approximate surface area is 229 Å². The second-order valence-electron chi connectivity index (χ2n) is 11.2. The van der Waals surface area contributed by atoms with Crippen molar-refractivity contribution in [2.45, 2.75) is 64.7 Å². The van der Waals surface area contributed by atoms with Crippen molar-refractivity contribution in [1.29, 1.82) is 5.26 Å². The summed E-state index contributed by atoms with van der Waals surface area (Å²) in [6.45, 7) is 6.60. The zero-order valence-electron chi connectivity index (χ0n) is 22.1. The quantitative estimate of drug-likeness (QED) is 0.365. The lowest BCUT2D eigenvalue weighted by Gasteiger charge is -2.33. The van der Waals surface area contributed by atoms with E-state index in [4.69, 9.17) is 4.74 Å². The summed E-state index contributed by atoms with van der Waals surface area (Å²) in [7, 11) is 1.52. The zero-order chi connectivity index (χ0) is 28.1. The first-order chi connectivity index (χ1) is 18.4. The van der Waals surface area contributed by atoms with Gasteiger partial charge in [0.25, 0.3) is 5.91 Å².